The zero-order valence-corrected chi connectivity index (χ0v) is 29.6. The van der Waals surface area contributed by atoms with E-state index in [1.54, 1.807) is 55.5 Å². The van der Waals surface area contributed by atoms with Crippen LogP contribution in [0.5, 0.6) is 0 Å². The van der Waals surface area contributed by atoms with Crippen LogP contribution in [0, 0.1) is 13.8 Å². The van der Waals surface area contributed by atoms with Gasteiger partial charge in [-0.05, 0) is 67.8 Å². The van der Waals surface area contributed by atoms with Crippen molar-refractivity contribution < 1.29 is 18.0 Å². The molecule has 2 amide bonds. The van der Waals surface area contributed by atoms with E-state index in [1.807, 2.05) is 44.2 Å². The normalized spacial score (nSPS) is 12.0. The molecule has 0 aliphatic rings. The number of hydrogen-bond donors (Lipinski definition) is 1. The van der Waals surface area contributed by atoms with Crippen molar-refractivity contribution in [3.63, 3.8) is 0 Å². The van der Waals surface area contributed by atoms with Crippen LogP contribution in [0.25, 0.3) is 0 Å². The molecule has 0 radical (unpaired) electrons. The molecule has 0 fully saturated rings. The van der Waals surface area contributed by atoms with E-state index in [2.05, 4.69) is 5.32 Å². The predicted octanol–water partition coefficient (Wildman–Crippen LogP) is 8.02. The molecule has 0 spiro atoms. The lowest BCUT2D eigenvalue weighted by Crippen LogP contribution is -2.53. The summed E-state index contributed by atoms with van der Waals surface area (Å²) in [5.41, 5.74) is 2.87. The molecule has 4 aromatic carbocycles. The quantitative estimate of drug-likeness (QED) is 0.134. The summed E-state index contributed by atoms with van der Waals surface area (Å²) in [7, 11) is -4.28. The number of carbonyl (C=O) groups excluding carboxylic acids is 2. The number of carbonyl (C=O) groups is 2. The van der Waals surface area contributed by atoms with Crippen LogP contribution in [0.2, 0.25) is 15.1 Å². The molecule has 0 bridgehead atoms. The van der Waals surface area contributed by atoms with Crippen molar-refractivity contribution in [3.8, 4) is 0 Å². The Labute approximate surface area is 292 Å². The summed E-state index contributed by atoms with van der Waals surface area (Å²) < 4.78 is 29.6. The smallest absolute Gasteiger partial charge is 0.264 e. The first-order valence-electron chi connectivity index (χ1n) is 15.3. The van der Waals surface area contributed by atoms with E-state index in [0.717, 1.165) is 28.3 Å². The Hall–Kier alpha value is -3.56. The van der Waals surface area contributed by atoms with Crippen LogP contribution >= 0.6 is 34.8 Å². The highest BCUT2D eigenvalue weighted by Gasteiger charge is 2.35. The highest BCUT2D eigenvalue weighted by Crippen LogP contribution is 2.32. The number of amides is 2. The Kier molecular flexibility index (Phi) is 12.7. The van der Waals surface area contributed by atoms with Crippen molar-refractivity contribution in [2.75, 3.05) is 17.4 Å². The number of halogens is 3. The van der Waals surface area contributed by atoms with Crippen molar-refractivity contribution in [2.24, 2.45) is 0 Å². The fourth-order valence-corrected chi connectivity index (χ4v) is 7.29. The van der Waals surface area contributed by atoms with E-state index in [1.165, 1.54) is 17.0 Å². The number of sulfonamides is 1. The number of nitrogens with one attached hydrogen (secondary N) is 1. The van der Waals surface area contributed by atoms with E-state index in [0.29, 0.717) is 32.7 Å². The average molecular weight is 715 g/mol. The summed E-state index contributed by atoms with van der Waals surface area (Å²) in [6, 6.07) is 24.6. The van der Waals surface area contributed by atoms with Gasteiger partial charge in [0, 0.05) is 40.1 Å². The Balaban J connectivity index is 1.85. The van der Waals surface area contributed by atoms with Gasteiger partial charge in [-0.2, -0.15) is 0 Å². The summed E-state index contributed by atoms with van der Waals surface area (Å²) in [4.78, 5) is 30.0. The van der Waals surface area contributed by atoms with E-state index < -0.39 is 28.5 Å². The third-order valence-corrected chi connectivity index (χ3v) is 10.8. The maximum Gasteiger partial charge on any atom is 0.264 e. The summed E-state index contributed by atoms with van der Waals surface area (Å²) in [6.45, 7) is 5.24. The van der Waals surface area contributed by atoms with Gasteiger partial charge < -0.3 is 10.2 Å². The lowest BCUT2D eigenvalue weighted by atomic mass is 10.0. The molecule has 0 aliphatic heterocycles. The molecule has 0 unspecified atom stereocenters. The topological polar surface area (TPSA) is 86.8 Å². The SMILES string of the molecule is CCCCNC(=O)[C@H](Cc1ccccc1)N(Cc1c(Cl)cccc1Cl)C(=O)CN(c1cccc(Cl)c1C)S(=O)(=O)c1ccc(C)cc1. The van der Waals surface area contributed by atoms with Gasteiger partial charge in [0.2, 0.25) is 11.8 Å². The molecule has 7 nitrogen and oxygen atoms in total. The number of hydrogen-bond acceptors (Lipinski definition) is 4. The minimum Gasteiger partial charge on any atom is -0.354 e. The van der Waals surface area contributed by atoms with Gasteiger partial charge >= 0.3 is 0 Å². The lowest BCUT2D eigenvalue weighted by molar-refractivity contribution is -0.140. The summed E-state index contributed by atoms with van der Waals surface area (Å²) >= 11 is 19.6. The van der Waals surface area contributed by atoms with Gasteiger partial charge in [-0.1, -0.05) is 108 Å². The van der Waals surface area contributed by atoms with Gasteiger partial charge in [0.25, 0.3) is 10.0 Å². The fourth-order valence-electron chi connectivity index (χ4n) is 5.13. The summed E-state index contributed by atoms with van der Waals surface area (Å²) in [5.74, 6) is -0.992. The highest BCUT2D eigenvalue weighted by atomic mass is 35.5. The molecule has 0 saturated carbocycles. The monoisotopic (exact) mass is 713 g/mol. The number of nitrogens with zero attached hydrogens (tertiary/aromatic N) is 2. The van der Waals surface area contributed by atoms with E-state index in [4.69, 9.17) is 34.8 Å². The number of rotatable bonds is 14. The molecule has 0 saturated heterocycles. The molecule has 4 aromatic rings. The molecule has 4 rings (SSSR count). The zero-order chi connectivity index (χ0) is 34.1. The first kappa shape index (κ1) is 36.3. The summed E-state index contributed by atoms with van der Waals surface area (Å²) in [5, 5.41) is 3.94. The van der Waals surface area contributed by atoms with Gasteiger partial charge in [0.1, 0.15) is 12.6 Å². The average Bonchev–Trinajstić information content (AvgIpc) is 3.05. The molecular weight excluding hydrogens is 677 g/mol. The van der Waals surface area contributed by atoms with E-state index >= 15 is 0 Å². The largest absolute Gasteiger partial charge is 0.354 e. The minimum absolute atomic E-state index is 0.00844. The molecule has 11 heteroatoms. The molecule has 248 valence electrons. The van der Waals surface area contributed by atoms with E-state index in [9.17, 15) is 18.0 Å². The van der Waals surface area contributed by atoms with Crippen LogP contribution in [-0.2, 0) is 32.6 Å². The minimum atomic E-state index is -4.28. The number of unbranched alkanes of at least 4 members (excludes halogenated alkanes) is 1. The molecule has 0 aliphatic carbocycles. The Bertz CT molecular complexity index is 1780. The van der Waals surface area contributed by atoms with E-state index in [-0.39, 0.29) is 29.5 Å². The van der Waals surface area contributed by atoms with Crippen molar-refractivity contribution in [2.45, 2.75) is 57.5 Å². The first-order chi connectivity index (χ1) is 22.4. The van der Waals surface area contributed by atoms with Gasteiger partial charge in [-0.25, -0.2) is 8.42 Å². The lowest BCUT2D eigenvalue weighted by Gasteiger charge is -2.34. The van der Waals surface area contributed by atoms with Crippen LogP contribution in [0.4, 0.5) is 5.69 Å². The second-order valence-electron chi connectivity index (χ2n) is 11.3. The molecule has 0 aromatic heterocycles. The molecule has 0 heterocycles. The summed E-state index contributed by atoms with van der Waals surface area (Å²) in [6.07, 6.45) is 1.80. The standard InChI is InChI=1S/C36H38Cl3N3O4S/c1-4-5-21-40-36(44)34(22-27-11-7-6-8-12-27)41(23-29-31(38)14-9-15-32(29)39)35(43)24-42(33-16-10-13-30(37)26(33)3)47(45,46)28-19-17-25(2)18-20-28/h6-20,34H,4-5,21-24H2,1-3H3,(H,40,44)/t34-/m0/s1. The van der Waals surface area contributed by atoms with Crippen LogP contribution in [0.1, 0.15) is 42.0 Å². The Morgan fingerprint density at radius 3 is 2.06 bits per heavy atom. The molecule has 47 heavy (non-hydrogen) atoms. The number of anilines is 1. The zero-order valence-electron chi connectivity index (χ0n) is 26.5. The third-order valence-electron chi connectivity index (χ3n) is 7.89. The molecule has 1 atom stereocenters. The molecule has 1 N–H and O–H groups in total. The second-order valence-corrected chi connectivity index (χ2v) is 14.4. The van der Waals surface area contributed by atoms with Crippen LogP contribution in [0.15, 0.2) is 95.9 Å². The van der Waals surface area contributed by atoms with Crippen LogP contribution < -0.4 is 9.62 Å². The van der Waals surface area contributed by atoms with Gasteiger partial charge in [0.15, 0.2) is 0 Å². The van der Waals surface area contributed by atoms with Gasteiger partial charge in [-0.3, -0.25) is 13.9 Å². The molecular formula is C36H38Cl3N3O4S. The highest BCUT2D eigenvalue weighted by molar-refractivity contribution is 7.92. The van der Waals surface area contributed by atoms with Crippen molar-refractivity contribution >= 4 is 62.3 Å². The first-order valence-corrected chi connectivity index (χ1v) is 17.9. The fraction of sp³-hybridized carbons (Fsp3) is 0.278. The third kappa shape index (κ3) is 9.08. The van der Waals surface area contributed by atoms with Crippen molar-refractivity contribution in [1.29, 1.82) is 0 Å². The van der Waals surface area contributed by atoms with Crippen LogP contribution in [-0.4, -0.2) is 44.3 Å². The second kappa shape index (κ2) is 16.5. The van der Waals surface area contributed by atoms with Gasteiger partial charge in [-0.15, -0.1) is 0 Å². The maximum atomic E-state index is 14.7. The van der Waals surface area contributed by atoms with Crippen molar-refractivity contribution in [1.82, 2.24) is 10.2 Å². The predicted molar refractivity (Wildman–Crippen MR) is 191 cm³/mol. The Morgan fingerprint density at radius 2 is 1.43 bits per heavy atom. The van der Waals surface area contributed by atoms with Crippen molar-refractivity contribution in [3.05, 3.63) is 128 Å². The number of benzene rings is 4. The van der Waals surface area contributed by atoms with Crippen LogP contribution in [0.3, 0.4) is 0 Å². The maximum absolute atomic E-state index is 14.7. The van der Waals surface area contributed by atoms with Gasteiger partial charge in [0.05, 0.1) is 10.6 Å². The number of aryl methyl sites for hydroxylation is 1. The Morgan fingerprint density at radius 1 is 0.809 bits per heavy atom.